The third kappa shape index (κ3) is 3.70. The van der Waals surface area contributed by atoms with Gasteiger partial charge in [0.25, 0.3) is 0 Å². The average Bonchev–Trinajstić information content (AvgIpc) is 2.34. The Balaban J connectivity index is 1.86. The molecule has 0 aliphatic heterocycles. The first-order valence-electron chi connectivity index (χ1n) is 6.50. The highest BCUT2D eigenvalue weighted by Gasteiger charge is 2.28. The van der Waals surface area contributed by atoms with Gasteiger partial charge in [0.1, 0.15) is 5.75 Å². The van der Waals surface area contributed by atoms with E-state index in [1.54, 1.807) is 6.07 Å². The molecule has 100 valence electrons. The van der Waals surface area contributed by atoms with E-state index in [1.807, 2.05) is 12.1 Å². The summed E-state index contributed by atoms with van der Waals surface area (Å²) in [6.45, 7) is 1.17. The van der Waals surface area contributed by atoms with Gasteiger partial charge in [-0.05, 0) is 31.0 Å². The molecule has 3 N–H and O–H groups in total. The molecule has 0 unspecified atom stereocenters. The van der Waals surface area contributed by atoms with E-state index in [0.717, 1.165) is 35.7 Å². The first-order valence-corrected chi connectivity index (χ1v) is 7.29. The molecule has 1 aliphatic carbocycles. The van der Waals surface area contributed by atoms with E-state index in [2.05, 4.69) is 21.2 Å². The number of aromatic hydroxyl groups is 1. The summed E-state index contributed by atoms with van der Waals surface area (Å²) in [4.78, 5) is 0. The monoisotopic (exact) mass is 313 g/mol. The van der Waals surface area contributed by atoms with Crippen LogP contribution >= 0.6 is 15.9 Å². The van der Waals surface area contributed by atoms with Crippen molar-refractivity contribution in [2.24, 2.45) is 0 Å². The maximum Gasteiger partial charge on any atom is 0.120 e. The molecule has 1 fully saturated rings. The summed E-state index contributed by atoms with van der Waals surface area (Å²) in [7, 11) is 0. The topological polar surface area (TPSA) is 52.5 Å². The van der Waals surface area contributed by atoms with Crippen molar-refractivity contribution < 1.29 is 10.2 Å². The van der Waals surface area contributed by atoms with Crippen LogP contribution in [0.25, 0.3) is 0 Å². The number of aliphatic hydroxyl groups is 1. The molecule has 0 saturated heterocycles. The van der Waals surface area contributed by atoms with E-state index in [-0.39, 0.29) is 0 Å². The van der Waals surface area contributed by atoms with Crippen LogP contribution in [0.2, 0.25) is 0 Å². The van der Waals surface area contributed by atoms with Crippen LogP contribution in [0.5, 0.6) is 5.75 Å². The second kappa shape index (κ2) is 6.04. The number of rotatable bonds is 4. The highest BCUT2D eigenvalue weighted by atomic mass is 79.9. The molecule has 18 heavy (non-hydrogen) atoms. The van der Waals surface area contributed by atoms with Crippen molar-refractivity contribution in [3.8, 4) is 5.75 Å². The van der Waals surface area contributed by atoms with Crippen LogP contribution in [0.3, 0.4) is 0 Å². The number of nitrogens with one attached hydrogen (secondary N) is 1. The molecule has 4 heteroatoms. The normalized spacial score (nSPS) is 18.8. The van der Waals surface area contributed by atoms with Crippen molar-refractivity contribution in [2.75, 3.05) is 6.54 Å². The molecule has 3 nitrogen and oxygen atoms in total. The summed E-state index contributed by atoms with van der Waals surface area (Å²) in [6.07, 6.45) is 5.21. The molecule has 2 rings (SSSR count). The van der Waals surface area contributed by atoms with Crippen molar-refractivity contribution in [1.82, 2.24) is 5.32 Å². The van der Waals surface area contributed by atoms with Gasteiger partial charge in [0.2, 0.25) is 0 Å². The zero-order valence-corrected chi connectivity index (χ0v) is 12.0. The van der Waals surface area contributed by atoms with E-state index in [1.165, 1.54) is 6.42 Å². The molecule has 1 aromatic rings. The van der Waals surface area contributed by atoms with Crippen LogP contribution in [0.1, 0.15) is 37.7 Å². The molecule has 1 saturated carbocycles. The summed E-state index contributed by atoms with van der Waals surface area (Å²) in [6, 6.07) is 5.39. The highest BCUT2D eigenvalue weighted by molar-refractivity contribution is 9.10. The van der Waals surface area contributed by atoms with Crippen molar-refractivity contribution in [2.45, 2.75) is 44.2 Å². The van der Waals surface area contributed by atoms with E-state index < -0.39 is 5.60 Å². The summed E-state index contributed by atoms with van der Waals surface area (Å²) >= 11 is 3.39. The third-order valence-corrected chi connectivity index (χ3v) is 4.09. The van der Waals surface area contributed by atoms with Crippen LogP contribution in [0.15, 0.2) is 22.7 Å². The fraction of sp³-hybridized carbons (Fsp3) is 0.571. The number of benzene rings is 1. The van der Waals surface area contributed by atoms with Crippen molar-refractivity contribution in [3.63, 3.8) is 0 Å². The van der Waals surface area contributed by atoms with Gasteiger partial charge in [-0.3, -0.25) is 0 Å². The Bertz CT molecular complexity index is 403. The SMILES string of the molecule is Oc1ccc(Br)cc1CNCC1(O)CCCCC1. The molecule has 0 radical (unpaired) electrons. The molecule has 0 heterocycles. The van der Waals surface area contributed by atoms with Crippen molar-refractivity contribution >= 4 is 15.9 Å². The summed E-state index contributed by atoms with van der Waals surface area (Å²) in [5.41, 5.74) is 0.295. The summed E-state index contributed by atoms with van der Waals surface area (Å²) in [5, 5.41) is 23.3. The first-order chi connectivity index (χ1) is 8.59. The Hall–Kier alpha value is -0.580. The zero-order valence-electron chi connectivity index (χ0n) is 10.5. The number of phenolic OH excluding ortho intramolecular Hbond substituents is 1. The summed E-state index contributed by atoms with van der Waals surface area (Å²) < 4.78 is 0.952. The number of halogens is 1. The fourth-order valence-corrected chi connectivity index (χ4v) is 2.92. The highest BCUT2D eigenvalue weighted by Crippen LogP contribution is 2.27. The average molecular weight is 314 g/mol. The minimum atomic E-state index is -0.556. The van der Waals surface area contributed by atoms with Crippen LogP contribution in [-0.2, 0) is 6.54 Å². The van der Waals surface area contributed by atoms with Crippen molar-refractivity contribution in [1.29, 1.82) is 0 Å². The maximum atomic E-state index is 10.3. The van der Waals surface area contributed by atoms with Gasteiger partial charge in [0, 0.05) is 23.1 Å². The predicted molar refractivity (Wildman–Crippen MR) is 75.5 cm³/mol. The third-order valence-electron chi connectivity index (χ3n) is 3.60. The van der Waals surface area contributed by atoms with Gasteiger partial charge in [0.15, 0.2) is 0 Å². The Morgan fingerprint density at radius 2 is 1.94 bits per heavy atom. The van der Waals surface area contributed by atoms with Crippen LogP contribution < -0.4 is 5.32 Å². The van der Waals surface area contributed by atoms with E-state index in [9.17, 15) is 10.2 Å². The zero-order chi connectivity index (χ0) is 13.0. The van der Waals surface area contributed by atoms with Gasteiger partial charge in [-0.1, -0.05) is 35.2 Å². The van der Waals surface area contributed by atoms with Crippen LogP contribution in [-0.4, -0.2) is 22.4 Å². The Morgan fingerprint density at radius 1 is 1.22 bits per heavy atom. The number of hydrogen-bond donors (Lipinski definition) is 3. The lowest BCUT2D eigenvalue weighted by Crippen LogP contribution is -2.41. The molecule has 1 aliphatic rings. The van der Waals surface area contributed by atoms with Crippen LogP contribution in [0, 0.1) is 0 Å². The minimum Gasteiger partial charge on any atom is -0.508 e. The molecule has 0 atom stereocenters. The summed E-state index contributed by atoms with van der Waals surface area (Å²) in [5.74, 6) is 0.293. The fourth-order valence-electron chi connectivity index (χ4n) is 2.51. The molecule has 0 spiro atoms. The number of hydrogen-bond acceptors (Lipinski definition) is 3. The largest absolute Gasteiger partial charge is 0.508 e. The van der Waals surface area contributed by atoms with Gasteiger partial charge < -0.3 is 15.5 Å². The second-order valence-corrected chi connectivity index (χ2v) is 6.08. The first kappa shape index (κ1) is 13.8. The molecular formula is C14H20BrNO2. The van der Waals surface area contributed by atoms with Gasteiger partial charge in [-0.2, -0.15) is 0 Å². The second-order valence-electron chi connectivity index (χ2n) is 5.16. The lowest BCUT2D eigenvalue weighted by Gasteiger charge is -2.32. The predicted octanol–water partition coefficient (Wildman–Crippen LogP) is 2.94. The number of phenols is 1. The Labute approximate surface area is 116 Å². The minimum absolute atomic E-state index is 0.293. The standard InChI is InChI=1S/C14H20BrNO2/c15-12-4-5-13(17)11(8-12)9-16-10-14(18)6-2-1-3-7-14/h4-5,8,16-18H,1-3,6-7,9-10H2. The van der Waals surface area contributed by atoms with E-state index >= 15 is 0 Å². The van der Waals surface area contributed by atoms with Crippen molar-refractivity contribution in [3.05, 3.63) is 28.2 Å². The van der Waals surface area contributed by atoms with Gasteiger partial charge in [0.05, 0.1) is 5.60 Å². The molecule has 1 aromatic carbocycles. The van der Waals surface area contributed by atoms with Gasteiger partial charge in [-0.25, -0.2) is 0 Å². The lowest BCUT2D eigenvalue weighted by atomic mass is 9.85. The van der Waals surface area contributed by atoms with E-state index in [4.69, 9.17) is 0 Å². The molecule has 0 bridgehead atoms. The molecule has 0 amide bonds. The Kier molecular flexibility index (Phi) is 4.65. The molecular weight excluding hydrogens is 294 g/mol. The molecule has 0 aromatic heterocycles. The van der Waals surface area contributed by atoms with Gasteiger partial charge >= 0.3 is 0 Å². The van der Waals surface area contributed by atoms with Crippen LogP contribution in [0.4, 0.5) is 0 Å². The Morgan fingerprint density at radius 3 is 2.67 bits per heavy atom. The quantitative estimate of drug-likeness (QED) is 0.801. The van der Waals surface area contributed by atoms with E-state index in [0.29, 0.717) is 18.8 Å². The maximum absolute atomic E-state index is 10.3. The van der Waals surface area contributed by atoms with Gasteiger partial charge in [-0.15, -0.1) is 0 Å². The smallest absolute Gasteiger partial charge is 0.120 e. The lowest BCUT2D eigenvalue weighted by molar-refractivity contribution is 0.00463.